The maximum absolute atomic E-state index is 12.8. The number of amides is 1. The second kappa shape index (κ2) is 11.2. The summed E-state index contributed by atoms with van der Waals surface area (Å²) in [6.45, 7) is 0.596. The minimum absolute atomic E-state index is 0.194. The van der Waals surface area contributed by atoms with E-state index in [-0.39, 0.29) is 5.91 Å². The molecule has 7 heteroatoms. The highest BCUT2D eigenvalue weighted by molar-refractivity contribution is 7.99. The quantitative estimate of drug-likeness (QED) is 0.314. The number of hydrogen-bond donors (Lipinski definition) is 2. The van der Waals surface area contributed by atoms with Crippen LogP contribution in [0.4, 0.5) is 11.5 Å². The molecular weight excluding hydrogens is 432 g/mol. The Morgan fingerprint density at radius 1 is 0.970 bits per heavy atom. The Labute approximate surface area is 197 Å². The van der Waals surface area contributed by atoms with Crippen LogP contribution in [-0.2, 0) is 6.42 Å². The zero-order valence-corrected chi connectivity index (χ0v) is 19.0. The minimum Gasteiger partial charge on any atom is -0.493 e. The number of benzene rings is 3. The monoisotopic (exact) mass is 456 g/mol. The van der Waals surface area contributed by atoms with Gasteiger partial charge in [0, 0.05) is 29.5 Å². The predicted octanol–water partition coefficient (Wildman–Crippen LogP) is 5.71. The molecule has 1 amide bonds. The van der Waals surface area contributed by atoms with E-state index in [2.05, 4.69) is 32.1 Å². The van der Waals surface area contributed by atoms with E-state index in [1.165, 1.54) is 17.5 Å². The van der Waals surface area contributed by atoms with Gasteiger partial charge in [0.1, 0.15) is 5.75 Å². The van der Waals surface area contributed by atoms with Crippen LogP contribution >= 0.6 is 11.9 Å². The largest absolute Gasteiger partial charge is 0.493 e. The van der Waals surface area contributed by atoms with Crippen LogP contribution in [0.25, 0.3) is 11.3 Å². The van der Waals surface area contributed by atoms with Gasteiger partial charge >= 0.3 is 0 Å². The molecule has 6 nitrogen and oxygen atoms in total. The number of nitrogens with one attached hydrogen (secondary N) is 2. The molecular formula is C26H24N4O2S. The molecule has 0 saturated carbocycles. The number of carbonyl (C=O) groups excluding carboxylic acids is 1. The molecule has 0 fully saturated rings. The van der Waals surface area contributed by atoms with Gasteiger partial charge in [-0.2, -0.15) is 0 Å². The number of ether oxygens (including phenoxy) is 1. The van der Waals surface area contributed by atoms with Gasteiger partial charge in [0.15, 0.2) is 5.82 Å². The van der Waals surface area contributed by atoms with Gasteiger partial charge in [-0.25, -0.2) is 4.98 Å². The molecule has 166 valence electrons. The fraction of sp³-hybridized carbons (Fsp3) is 0.115. The lowest BCUT2D eigenvalue weighted by molar-refractivity contribution is 0.102. The number of carbonyl (C=O) groups is 1. The molecule has 0 spiro atoms. The van der Waals surface area contributed by atoms with Crippen molar-refractivity contribution in [1.82, 2.24) is 9.97 Å². The number of hydrogen-bond acceptors (Lipinski definition) is 6. The molecule has 0 aliphatic carbocycles. The molecule has 0 unspecified atom stereocenters. The molecule has 0 bridgehead atoms. The summed E-state index contributed by atoms with van der Waals surface area (Å²) in [5.74, 6) is 1.24. The van der Waals surface area contributed by atoms with Crippen molar-refractivity contribution in [2.45, 2.75) is 6.42 Å². The lowest BCUT2D eigenvalue weighted by Gasteiger charge is -2.10. The van der Waals surface area contributed by atoms with Gasteiger partial charge in [-0.1, -0.05) is 54.4 Å². The van der Waals surface area contributed by atoms with Crippen LogP contribution in [0.15, 0.2) is 91.3 Å². The topological polar surface area (TPSA) is 76.1 Å². The second-order valence-electron chi connectivity index (χ2n) is 7.24. The number of nitrogens with zero attached hydrogens (tertiary/aromatic N) is 2. The highest BCUT2D eigenvalue weighted by atomic mass is 32.2. The summed E-state index contributed by atoms with van der Waals surface area (Å²) in [6.07, 6.45) is 6.10. The van der Waals surface area contributed by atoms with Gasteiger partial charge in [-0.05, 0) is 42.0 Å². The first kappa shape index (κ1) is 22.4. The Bertz CT molecular complexity index is 1200. The lowest BCUT2D eigenvalue weighted by atomic mass is 10.1. The van der Waals surface area contributed by atoms with Crippen molar-refractivity contribution in [1.29, 1.82) is 0 Å². The summed E-state index contributed by atoms with van der Waals surface area (Å²) < 4.78 is 8.88. The first-order chi connectivity index (χ1) is 16.2. The SMILES string of the molecule is CSNc1cncc(-c2cccc(C(=O)Nc3ccc(OCCc4ccccc4)cc3)c2)n1. The van der Waals surface area contributed by atoms with Crippen LogP contribution in [0.5, 0.6) is 5.75 Å². The Morgan fingerprint density at radius 2 is 1.79 bits per heavy atom. The van der Waals surface area contributed by atoms with Gasteiger partial charge in [0.05, 0.1) is 24.7 Å². The van der Waals surface area contributed by atoms with Gasteiger partial charge in [0.25, 0.3) is 5.91 Å². The average Bonchev–Trinajstić information content (AvgIpc) is 2.86. The molecule has 1 heterocycles. The molecule has 4 rings (SSSR count). The Morgan fingerprint density at radius 3 is 2.58 bits per heavy atom. The molecule has 0 aliphatic heterocycles. The summed E-state index contributed by atoms with van der Waals surface area (Å²) >= 11 is 1.45. The molecule has 2 N–H and O–H groups in total. The van der Waals surface area contributed by atoms with Crippen LogP contribution < -0.4 is 14.8 Å². The number of anilines is 2. The summed E-state index contributed by atoms with van der Waals surface area (Å²) in [5, 5.41) is 2.93. The van der Waals surface area contributed by atoms with E-state index < -0.39 is 0 Å². The normalized spacial score (nSPS) is 10.5. The van der Waals surface area contributed by atoms with E-state index in [1.54, 1.807) is 18.5 Å². The van der Waals surface area contributed by atoms with Crippen LogP contribution in [0.2, 0.25) is 0 Å². The molecule has 0 radical (unpaired) electrons. The predicted molar refractivity (Wildman–Crippen MR) is 135 cm³/mol. The van der Waals surface area contributed by atoms with Gasteiger partial charge in [0.2, 0.25) is 0 Å². The Hall–Kier alpha value is -3.84. The fourth-order valence-corrected chi connectivity index (χ4v) is 3.56. The second-order valence-corrected chi connectivity index (χ2v) is 7.85. The van der Waals surface area contributed by atoms with Gasteiger partial charge < -0.3 is 14.8 Å². The van der Waals surface area contributed by atoms with Crippen molar-refractivity contribution in [2.75, 3.05) is 22.9 Å². The smallest absolute Gasteiger partial charge is 0.255 e. The average molecular weight is 457 g/mol. The van der Waals surface area contributed by atoms with E-state index in [0.717, 1.165) is 17.7 Å². The van der Waals surface area contributed by atoms with Crippen LogP contribution in [-0.4, -0.2) is 28.7 Å². The zero-order valence-electron chi connectivity index (χ0n) is 18.2. The van der Waals surface area contributed by atoms with Crippen molar-refractivity contribution in [3.8, 4) is 17.0 Å². The fourth-order valence-electron chi connectivity index (χ4n) is 3.25. The van der Waals surface area contributed by atoms with Crippen molar-refractivity contribution in [2.24, 2.45) is 0 Å². The third-order valence-corrected chi connectivity index (χ3v) is 5.29. The lowest BCUT2D eigenvalue weighted by Crippen LogP contribution is -2.12. The third-order valence-electron chi connectivity index (χ3n) is 4.88. The first-order valence-electron chi connectivity index (χ1n) is 10.5. The van der Waals surface area contributed by atoms with E-state index in [1.807, 2.05) is 66.9 Å². The van der Waals surface area contributed by atoms with Gasteiger partial charge in [-0.15, -0.1) is 0 Å². The summed E-state index contributed by atoms with van der Waals surface area (Å²) in [5.41, 5.74) is 4.00. The van der Waals surface area contributed by atoms with E-state index >= 15 is 0 Å². The van der Waals surface area contributed by atoms with Crippen LogP contribution in [0.3, 0.4) is 0 Å². The highest BCUT2D eigenvalue weighted by Gasteiger charge is 2.09. The molecule has 0 saturated heterocycles. The van der Waals surface area contributed by atoms with Gasteiger partial charge in [-0.3, -0.25) is 9.78 Å². The molecule has 4 aromatic rings. The third kappa shape index (κ3) is 6.33. The summed E-state index contributed by atoms with van der Waals surface area (Å²) in [6, 6.07) is 24.9. The van der Waals surface area contributed by atoms with E-state index in [9.17, 15) is 4.79 Å². The number of rotatable bonds is 9. The van der Waals surface area contributed by atoms with E-state index in [0.29, 0.717) is 29.4 Å². The van der Waals surface area contributed by atoms with Crippen molar-refractivity contribution in [3.63, 3.8) is 0 Å². The maximum Gasteiger partial charge on any atom is 0.255 e. The Balaban J connectivity index is 1.36. The summed E-state index contributed by atoms with van der Waals surface area (Å²) in [7, 11) is 0. The standard InChI is InChI=1S/C26H24N4O2S/c1-33-30-25-18-27-17-24(29-25)20-8-5-9-21(16-20)26(31)28-22-10-12-23(13-11-22)32-15-14-19-6-3-2-4-7-19/h2-13,16-18H,14-15H2,1H3,(H,28,31)(H,29,30). The zero-order chi connectivity index (χ0) is 22.9. The molecule has 0 atom stereocenters. The number of aromatic nitrogens is 2. The molecule has 0 aliphatic rings. The van der Waals surface area contributed by atoms with E-state index in [4.69, 9.17) is 4.74 Å². The molecule has 1 aromatic heterocycles. The van der Waals surface area contributed by atoms with Crippen LogP contribution in [0.1, 0.15) is 15.9 Å². The maximum atomic E-state index is 12.8. The van der Waals surface area contributed by atoms with Crippen molar-refractivity contribution >= 4 is 29.4 Å². The summed E-state index contributed by atoms with van der Waals surface area (Å²) in [4.78, 5) is 21.5. The van der Waals surface area contributed by atoms with Crippen LogP contribution in [0, 0.1) is 0 Å². The Kier molecular flexibility index (Phi) is 7.56. The molecule has 3 aromatic carbocycles. The van der Waals surface area contributed by atoms with Crippen molar-refractivity contribution in [3.05, 3.63) is 102 Å². The highest BCUT2D eigenvalue weighted by Crippen LogP contribution is 2.21. The van der Waals surface area contributed by atoms with Crippen molar-refractivity contribution < 1.29 is 9.53 Å². The first-order valence-corrected chi connectivity index (χ1v) is 11.7. The minimum atomic E-state index is -0.194. The molecule has 33 heavy (non-hydrogen) atoms.